The van der Waals surface area contributed by atoms with E-state index in [-0.39, 0.29) is 11.2 Å². The van der Waals surface area contributed by atoms with Gasteiger partial charge >= 0.3 is 5.09 Å². The Morgan fingerprint density at radius 3 is 1.63 bits per heavy atom. The van der Waals surface area contributed by atoms with E-state index < -0.39 is 0 Å². The Morgan fingerprint density at radius 2 is 1.21 bits per heavy atom. The molecule has 116 valence electrons. The number of rotatable bonds is 14. The number of unbranched alkanes of at least 4 members (excludes halogenated alkanes) is 10. The molecule has 5 nitrogen and oxygen atoms in total. The quantitative estimate of drug-likeness (QED) is 0.368. The molecule has 0 saturated heterocycles. The Hall–Kier alpha value is -0.840. The number of hydrogen-bond donors (Lipinski definition) is 1. The van der Waals surface area contributed by atoms with E-state index >= 15 is 0 Å². The number of nitrogens with zero attached hydrogens (tertiary/aromatic N) is 1. The van der Waals surface area contributed by atoms with Gasteiger partial charge in [-0.1, -0.05) is 64.7 Å². The van der Waals surface area contributed by atoms with Crippen molar-refractivity contribution in [2.75, 3.05) is 13.7 Å². The normalized spacial score (nSPS) is 9.79. The van der Waals surface area contributed by atoms with Crippen LogP contribution < -0.4 is 6.15 Å². The molecule has 0 aromatic rings. The first kappa shape index (κ1) is 20.5. The van der Waals surface area contributed by atoms with Crippen LogP contribution in [0.2, 0.25) is 0 Å². The van der Waals surface area contributed by atoms with E-state index in [1.165, 1.54) is 64.9 Å². The predicted octanol–water partition coefficient (Wildman–Crippen LogP) is 4.73. The SMILES string of the molecule is CCCCCCCCCCCCCO[N+](=O)OC.N. The first-order valence-electron chi connectivity index (χ1n) is 7.45. The molecule has 0 saturated carbocycles. The van der Waals surface area contributed by atoms with E-state index in [9.17, 15) is 4.91 Å². The smallest absolute Gasteiger partial charge is 0.344 e. The molecule has 0 aliphatic rings. The van der Waals surface area contributed by atoms with E-state index in [4.69, 9.17) is 4.84 Å². The van der Waals surface area contributed by atoms with Crippen LogP contribution in [0.4, 0.5) is 0 Å². The highest BCUT2D eigenvalue weighted by molar-refractivity contribution is 4.47. The van der Waals surface area contributed by atoms with Gasteiger partial charge in [-0.2, -0.15) is 9.68 Å². The van der Waals surface area contributed by atoms with Crippen molar-refractivity contribution in [1.29, 1.82) is 0 Å². The van der Waals surface area contributed by atoms with Crippen LogP contribution in [0, 0.1) is 4.91 Å². The van der Waals surface area contributed by atoms with Crippen molar-refractivity contribution in [2.45, 2.75) is 77.6 Å². The summed E-state index contributed by atoms with van der Waals surface area (Å²) < 4.78 is 0. The highest BCUT2D eigenvalue weighted by Crippen LogP contribution is 2.11. The van der Waals surface area contributed by atoms with Crippen LogP contribution in [-0.2, 0) is 9.68 Å². The maximum Gasteiger partial charge on any atom is 0.477 e. The van der Waals surface area contributed by atoms with Crippen LogP contribution in [0.15, 0.2) is 0 Å². The third-order valence-corrected chi connectivity index (χ3v) is 3.09. The molecule has 0 amide bonds. The second kappa shape index (κ2) is 17.2. The van der Waals surface area contributed by atoms with Crippen molar-refractivity contribution in [2.24, 2.45) is 0 Å². The van der Waals surface area contributed by atoms with Gasteiger partial charge in [-0.05, 0) is 12.8 Å². The molecule has 0 heterocycles. The second-order valence-electron chi connectivity index (χ2n) is 4.77. The Morgan fingerprint density at radius 1 is 0.789 bits per heavy atom. The lowest BCUT2D eigenvalue weighted by atomic mass is 10.1. The molecule has 0 aliphatic heterocycles. The van der Waals surface area contributed by atoms with Crippen molar-refractivity contribution < 1.29 is 14.8 Å². The summed E-state index contributed by atoms with van der Waals surface area (Å²) in [6.45, 7) is 2.71. The van der Waals surface area contributed by atoms with Gasteiger partial charge < -0.3 is 6.15 Å². The average Bonchev–Trinajstić information content (AvgIpc) is 2.39. The van der Waals surface area contributed by atoms with Gasteiger partial charge in [0.05, 0.1) is 0 Å². The van der Waals surface area contributed by atoms with Gasteiger partial charge in [-0.25, -0.2) is 0 Å². The maximum atomic E-state index is 10.6. The fourth-order valence-corrected chi connectivity index (χ4v) is 1.96. The fourth-order valence-electron chi connectivity index (χ4n) is 1.96. The molecular formula is C14H33N2O3+. The Kier molecular flexibility index (Phi) is 18.5. The third kappa shape index (κ3) is 17.2. The largest absolute Gasteiger partial charge is 0.477 e. The van der Waals surface area contributed by atoms with E-state index in [2.05, 4.69) is 11.8 Å². The number of hydrogen-bond acceptors (Lipinski definition) is 4. The summed E-state index contributed by atoms with van der Waals surface area (Å²) in [6, 6.07) is 0. The van der Waals surface area contributed by atoms with Crippen molar-refractivity contribution in [3.8, 4) is 0 Å². The monoisotopic (exact) mass is 277 g/mol. The summed E-state index contributed by atoms with van der Waals surface area (Å²) in [5.74, 6) is 0. The predicted molar refractivity (Wildman–Crippen MR) is 78.1 cm³/mol. The lowest BCUT2D eigenvalue weighted by molar-refractivity contribution is -0.977. The second-order valence-corrected chi connectivity index (χ2v) is 4.77. The standard InChI is InChI=1S/C14H30NO3.H3N/c1-3-4-5-6-7-8-9-10-11-12-13-14-18-15(16)17-2;/h3-14H2,1-2H3;1H3/q+1;. The molecule has 5 heteroatoms. The Bertz CT molecular complexity index is 190. The minimum atomic E-state index is 0. The summed E-state index contributed by atoms with van der Waals surface area (Å²) >= 11 is 0. The lowest BCUT2D eigenvalue weighted by Gasteiger charge is -2.01. The molecular weight excluding hydrogens is 244 g/mol. The zero-order chi connectivity index (χ0) is 13.5. The first-order chi connectivity index (χ1) is 8.81. The van der Waals surface area contributed by atoms with Crippen molar-refractivity contribution in [1.82, 2.24) is 6.15 Å². The summed E-state index contributed by atoms with van der Waals surface area (Å²) in [5, 5.41) is 0.163. The maximum absolute atomic E-state index is 10.6. The molecule has 0 fully saturated rings. The van der Waals surface area contributed by atoms with Gasteiger partial charge in [0.15, 0.2) is 13.7 Å². The van der Waals surface area contributed by atoms with E-state index in [0.29, 0.717) is 6.61 Å². The minimum absolute atomic E-state index is 0. The highest BCUT2D eigenvalue weighted by Gasteiger charge is 2.06. The van der Waals surface area contributed by atoms with E-state index in [0.717, 1.165) is 12.8 Å². The van der Waals surface area contributed by atoms with Gasteiger partial charge in [-0.15, -0.1) is 0 Å². The van der Waals surface area contributed by atoms with Crippen molar-refractivity contribution >= 4 is 0 Å². The van der Waals surface area contributed by atoms with Gasteiger partial charge in [0.25, 0.3) is 0 Å². The summed E-state index contributed by atoms with van der Waals surface area (Å²) in [4.78, 5) is 19.6. The van der Waals surface area contributed by atoms with Crippen LogP contribution in [0.3, 0.4) is 0 Å². The Balaban J connectivity index is 0. The molecule has 0 bridgehead atoms. The van der Waals surface area contributed by atoms with Gasteiger partial charge in [-0.3, -0.25) is 0 Å². The third-order valence-electron chi connectivity index (χ3n) is 3.09. The topological polar surface area (TPSA) is 73.5 Å². The first-order valence-corrected chi connectivity index (χ1v) is 7.45. The van der Waals surface area contributed by atoms with E-state index in [1.807, 2.05) is 0 Å². The lowest BCUT2D eigenvalue weighted by Crippen LogP contribution is -2.08. The molecule has 0 atom stereocenters. The molecule has 19 heavy (non-hydrogen) atoms. The molecule has 0 unspecified atom stereocenters. The highest BCUT2D eigenvalue weighted by atomic mass is 17.0. The molecule has 3 N–H and O–H groups in total. The van der Waals surface area contributed by atoms with Crippen LogP contribution in [0.25, 0.3) is 0 Å². The van der Waals surface area contributed by atoms with Crippen molar-refractivity contribution in [3.63, 3.8) is 0 Å². The zero-order valence-electron chi connectivity index (χ0n) is 12.9. The molecule has 0 spiro atoms. The molecule has 0 aromatic carbocycles. The fraction of sp³-hybridized carbons (Fsp3) is 1.00. The van der Waals surface area contributed by atoms with Crippen LogP contribution in [0.1, 0.15) is 77.6 Å². The van der Waals surface area contributed by atoms with Crippen molar-refractivity contribution in [3.05, 3.63) is 4.91 Å². The van der Waals surface area contributed by atoms with Crippen LogP contribution in [0.5, 0.6) is 0 Å². The van der Waals surface area contributed by atoms with E-state index in [1.54, 1.807) is 0 Å². The van der Waals surface area contributed by atoms with Gasteiger partial charge in [0.1, 0.15) is 4.91 Å². The van der Waals surface area contributed by atoms with Gasteiger partial charge in [0.2, 0.25) is 0 Å². The Labute approximate surface area is 118 Å². The summed E-state index contributed by atoms with van der Waals surface area (Å²) in [7, 11) is 1.30. The average molecular weight is 277 g/mol. The molecule has 0 rings (SSSR count). The molecule has 0 aliphatic carbocycles. The summed E-state index contributed by atoms with van der Waals surface area (Å²) in [6.07, 6.45) is 14.2. The van der Waals surface area contributed by atoms with Crippen LogP contribution >= 0.6 is 0 Å². The summed E-state index contributed by atoms with van der Waals surface area (Å²) in [5.41, 5.74) is 0. The van der Waals surface area contributed by atoms with Gasteiger partial charge in [0, 0.05) is 0 Å². The molecule has 0 radical (unpaired) electrons. The molecule has 0 aromatic heterocycles. The zero-order valence-corrected chi connectivity index (χ0v) is 12.9. The van der Waals surface area contributed by atoms with Crippen LogP contribution in [-0.4, -0.2) is 18.8 Å². The minimum Gasteiger partial charge on any atom is -0.344 e.